The van der Waals surface area contributed by atoms with E-state index >= 15 is 0 Å². The molecule has 4 nitrogen and oxygen atoms in total. The molecule has 1 fully saturated rings. The number of cyclic esters (lactones) is 1. The maximum atomic E-state index is 11.5. The van der Waals surface area contributed by atoms with Crippen LogP contribution in [0.2, 0.25) is 0 Å². The monoisotopic (exact) mass is 288 g/mol. The molecule has 1 unspecified atom stereocenters. The highest BCUT2D eigenvalue weighted by Gasteiger charge is 2.28. The summed E-state index contributed by atoms with van der Waals surface area (Å²) in [4.78, 5) is 19.3. The second-order valence-electron chi connectivity index (χ2n) is 4.84. The van der Waals surface area contributed by atoms with Crippen LogP contribution in [0.15, 0.2) is 35.5 Å². The van der Waals surface area contributed by atoms with Crippen LogP contribution in [-0.4, -0.2) is 27.8 Å². The molecule has 0 saturated carbocycles. The van der Waals surface area contributed by atoms with Gasteiger partial charge in [-0.25, -0.2) is 4.98 Å². The third-order valence-electron chi connectivity index (χ3n) is 3.32. The second-order valence-corrected chi connectivity index (χ2v) is 6.03. The van der Waals surface area contributed by atoms with Crippen molar-refractivity contribution < 1.29 is 9.53 Å². The van der Waals surface area contributed by atoms with Crippen LogP contribution in [-0.2, 0) is 16.0 Å². The Hall–Kier alpha value is -1.75. The number of rotatable bonds is 4. The zero-order valence-corrected chi connectivity index (χ0v) is 12.1. The minimum atomic E-state index is -0.131. The van der Waals surface area contributed by atoms with Crippen LogP contribution in [0.4, 0.5) is 0 Å². The molecule has 0 spiro atoms. The highest BCUT2D eigenvalue weighted by Crippen LogP contribution is 2.28. The Morgan fingerprint density at radius 2 is 2.20 bits per heavy atom. The number of ether oxygens (including phenoxy) is 1. The second kappa shape index (κ2) is 5.71. The summed E-state index contributed by atoms with van der Waals surface area (Å²) in [6, 6.07) is 10.3. The molecule has 20 heavy (non-hydrogen) atoms. The molecule has 0 amide bonds. The molecule has 5 heteroatoms. The Labute approximate surface area is 121 Å². The van der Waals surface area contributed by atoms with Crippen molar-refractivity contribution in [1.29, 1.82) is 0 Å². The van der Waals surface area contributed by atoms with Gasteiger partial charge in [0.05, 0.1) is 12.3 Å². The van der Waals surface area contributed by atoms with Gasteiger partial charge in [-0.05, 0) is 12.5 Å². The summed E-state index contributed by atoms with van der Waals surface area (Å²) < 4.78 is 4.97. The number of aryl methyl sites for hydroxylation is 1. The molecule has 0 radical (unpaired) electrons. The number of hydrogen-bond donors (Lipinski definition) is 1. The molecule has 1 N–H and O–H groups in total. The number of H-pyrrole nitrogens is 1. The quantitative estimate of drug-likeness (QED) is 0.879. The first-order valence-corrected chi connectivity index (χ1v) is 7.53. The number of carbonyl (C=O) groups is 1. The smallest absolute Gasteiger partial charge is 0.319 e. The van der Waals surface area contributed by atoms with Crippen molar-refractivity contribution in [2.45, 2.75) is 30.2 Å². The Kier molecular flexibility index (Phi) is 3.78. The topological polar surface area (TPSA) is 55.0 Å². The van der Waals surface area contributed by atoms with Gasteiger partial charge in [-0.15, -0.1) is 0 Å². The third-order valence-corrected chi connectivity index (χ3v) is 4.45. The van der Waals surface area contributed by atoms with Crippen molar-refractivity contribution in [3.63, 3.8) is 0 Å². The molecule has 0 aliphatic carbocycles. The lowest BCUT2D eigenvalue weighted by molar-refractivity contribution is -0.137. The summed E-state index contributed by atoms with van der Waals surface area (Å²) >= 11 is 1.46. The number of carbonyl (C=O) groups excluding carboxylic acids is 1. The van der Waals surface area contributed by atoms with E-state index in [1.807, 2.05) is 25.1 Å². The fourth-order valence-corrected chi connectivity index (χ4v) is 3.23. The van der Waals surface area contributed by atoms with Crippen molar-refractivity contribution in [2.24, 2.45) is 0 Å². The van der Waals surface area contributed by atoms with Crippen molar-refractivity contribution >= 4 is 17.7 Å². The van der Waals surface area contributed by atoms with Gasteiger partial charge in [-0.3, -0.25) is 4.79 Å². The minimum Gasteiger partial charge on any atom is -0.465 e. The normalized spacial score (nSPS) is 18.2. The van der Waals surface area contributed by atoms with Gasteiger partial charge in [-0.1, -0.05) is 42.1 Å². The predicted octanol–water partition coefficient (Wildman–Crippen LogP) is 2.72. The molecule has 1 aliphatic heterocycles. The third kappa shape index (κ3) is 2.88. The summed E-state index contributed by atoms with van der Waals surface area (Å²) in [6.07, 6.45) is 1.57. The Balaban J connectivity index is 1.72. The molecule has 1 atom stereocenters. The van der Waals surface area contributed by atoms with Crippen LogP contribution in [0.5, 0.6) is 0 Å². The molecule has 2 aromatic rings. The van der Waals surface area contributed by atoms with Gasteiger partial charge in [-0.2, -0.15) is 0 Å². The maximum Gasteiger partial charge on any atom is 0.319 e. The average Bonchev–Trinajstić information content (AvgIpc) is 2.99. The highest BCUT2D eigenvalue weighted by atomic mass is 32.2. The molecular weight excluding hydrogens is 272 g/mol. The zero-order valence-electron chi connectivity index (χ0n) is 11.3. The average molecular weight is 288 g/mol. The molecule has 1 aromatic heterocycles. The van der Waals surface area contributed by atoms with Gasteiger partial charge in [0, 0.05) is 18.5 Å². The number of imidazole rings is 1. The number of aromatic nitrogens is 2. The van der Waals surface area contributed by atoms with Crippen molar-refractivity contribution in [3.05, 3.63) is 47.3 Å². The summed E-state index contributed by atoms with van der Waals surface area (Å²) in [6.45, 7) is 2.54. The van der Waals surface area contributed by atoms with Crippen molar-refractivity contribution in [2.75, 3.05) is 6.61 Å². The van der Waals surface area contributed by atoms with E-state index in [1.54, 1.807) is 0 Å². The largest absolute Gasteiger partial charge is 0.465 e. The molecule has 1 saturated heterocycles. The molecular formula is C15H16N2O2S. The number of nitrogens with zero attached hydrogens (tertiary/aromatic N) is 1. The summed E-state index contributed by atoms with van der Waals surface area (Å²) in [7, 11) is 0. The lowest BCUT2D eigenvalue weighted by Gasteiger charge is -2.01. The van der Waals surface area contributed by atoms with Gasteiger partial charge >= 0.3 is 5.97 Å². The van der Waals surface area contributed by atoms with Crippen LogP contribution < -0.4 is 0 Å². The van der Waals surface area contributed by atoms with E-state index in [4.69, 9.17) is 4.74 Å². The minimum absolute atomic E-state index is 0.120. The van der Waals surface area contributed by atoms with E-state index in [0.717, 1.165) is 29.4 Å². The number of esters is 1. The Morgan fingerprint density at radius 1 is 1.40 bits per heavy atom. The first kappa shape index (κ1) is 13.2. The van der Waals surface area contributed by atoms with E-state index in [0.29, 0.717) is 6.61 Å². The van der Waals surface area contributed by atoms with Gasteiger partial charge in [0.15, 0.2) is 5.16 Å². The zero-order chi connectivity index (χ0) is 13.9. The van der Waals surface area contributed by atoms with E-state index in [2.05, 4.69) is 22.1 Å². The number of hydrogen-bond acceptors (Lipinski definition) is 4. The van der Waals surface area contributed by atoms with Gasteiger partial charge < -0.3 is 9.72 Å². The van der Waals surface area contributed by atoms with Crippen LogP contribution in [0.25, 0.3) is 0 Å². The lowest BCUT2D eigenvalue weighted by atomic mass is 10.1. The van der Waals surface area contributed by atoms with Gasteiger partial charge in [0.1, 0.15) is 5.25 Å². The first-order chi connectivity index (χ1) is 9.72. The first-order valence-electron chi connectivity index (χ1n) is 6.65. The number of thioether (sulfide) groups is 1. The molecule has 104 valence electrons. The van der Waals surface area contributed by atoms with Gasteiger partial charge in [0.2, 0.25) is 0 Å². The Bertz CT molecular complexity index is 610. The highest BCUT2D eigenvalue weighted by molar-refractivity contribution is 8.00. The van der Waals surface area contributed by atoms with Crippen LogP contribution >= 0.6 is 11.8 Å². The molecule has 0 bridgehead atoms. The summed E-state index contributed by atoms with van der Waals surface area (Å²) in [5.41, 5.74) is 3.33. The lowest BCUT2D eigenvalue weighted by Crippen LogP contribution is -2.09. The van der Waals surface area contributed by atoms with Crippen molar-refractivity contribution in [3.8, 4) is 0 Å². The predicted molar refractivity (Wildman–Crippen MR) is 77.8 cm³/mol. The maximum absolute atomic E-state index is 11.5. The van der Waals surface area contributed by atoms with Crippen LogP contribution in [0, 0.1) is 6.92 Å². The van der Waals surface area contributed by atoms with E-state index in [1.165, 1.54) is 17.3 Å². The number of nitrogens with one attached hydrogen (secondary N) is 1. The van der Waals surface area contributed by atoms with Gasteiger partial charge in [0.25, 0.3) is 0 Å². The molecule has 1 aromatic carbocycles. The van der Waals surface area contributed by atoms with Crippen LogP contribution in [0.1, 0.15) is 23.4 Å². The van der Waals surface area contributed by atoms with E-state index in [-0.39, 0.29) is 11.2 Å². The van der Waals surface area contributed by atoms with Crippen molar-refractivity contribution in [1.82, 2.24) is 9.97 Å². The molecule has 2 heterocycles. The number of aromatic amines is 1. The fourth-order valence-electron chi connectivity index (χ4n) is 2.20. The molecule has 1 aliphatic rings. The number of benzene rings is 1. The Morgan fingerprint density at radius 3 is 2.90 bits per heavy atom. The van der Waals surface area contributed by atoms with E-state index in [9.17, 15) is 4.79 Å². The summed E-state index contributed by atoms with van der Waals surface area (Å²) in [5, 5.41) is 0.683. The fraction of sp³-hybridized carbons (Fsp3) is 0.333. The SMILES string of the molecule is Cc1[nH]c(SC2CCOC2=O)nc1Cc1ccccc1. The van der Waals surface area contributed by atoms with E-state index < -0.39 is 0 Å². The standard InChI is InChI=1S/C15H16N2O2S/c1-10-12(9-11-5-3-2-4-6-11)17-15(16-10)20-13-7-8-19-14(13)18/h2-6,13H,7-9H2,1H3,(H,16,17). The summed E-state index contributed by atoms with van der Waals surface area (Å²) in [5.74, 6) is -0.131. The molecule has 3 rings (SSSR count). The van der Waals surface area contributed by atoms with Crippen LogP contribution in [0.3, 0.4) is 0 Å².